The molecule has 3 aromatic rings. The lowest BCUT2D eigenvalue weighted by atomic mass is 10.0. The van der Waals surface area contributed by atoms with Gasteiger partial charge in [-0.3, -0.25) is 0 Å². The molecule has 27 heavy (non-hydrogen) atoms. The zero-order valence-corrected chi connectivity index (χ0v) is 16.5. The van der Waals surface area contributed by atoms with Crippen LogP contribution in [0, 0.1) is 5.82 Å². The van der Waals surface area contributed by atoms with Crippen LogP contribution in [0.4, 0.5) is 4.39 Å². The topological polar surface area (TPSA) is 9.23 Å². The number of thiophene rings is 1. The number of ether oxygens (including phenoxy) is 1. The lowest BCUT2D eigenvalue weighted by Gasteiger charge is -2.07. The minimum Gasteiger partial charge on any atom is -0.378 e. The molecule has 1 aromatic heterocycles. The molecule has 1 saturated heterocycles. The highest BCUT2D eigenvalue weighted by Gasteiger charge is 2.17. The molecule has 0 bridgehead atoms. The van der Waals surface area contributed by atoms with Crippen molar-refractivity contribution in [3.63, 3.8) is 0 Å². The monoisotopic (exact) mass is 380 g/mol. The van der Waals surface area contributed by atoms with E-state index >= 15 is 0 Å². The van der Waals surface area contributed by atoms with Crippen molar-refractivity contribution in [2.75, 3.05) is 6.61 Å². The normalized spacial score (nSPS) is 16.7. The maximum atomic E-state index is 14.8. The second kappa shape index (κ2) is 8.37. The smallest absolute Gasteiger partial charge is 0.132 e. The molecular formula is C24H25FOS. The van der Waals surface area contributed by atoms with Gasteiger partial charge in [-0.15, -0.1) is 11.3 Å². The molecule has 1 fully saturated rings. The fourth-order valence-electron chi connectivity index (χ4n) is 3.71. The van der Waals surface area contributed by atoms with Crippen molar-refractivity contribution >= 4 is 11.3 Å². The van der Waals surface area contributed by atoms with Gasteiger partial charge in [0.25, 0.3) is 0 Å². The van der Waals surface area contributed by atoms with Crippen molar-refractivity contribution in [1.82, 2.24) is 0 Å². The number of aryl methyl sites for hydroxylation is 1. The third-order valence-electron chi connectivity index (χ3n) is 5.17. The van der Waals surface area contributed by atoms with Crippen LogP contribution in [0.25, 0.3) is 21.6 Å². The Hall–Kier alpha value is -1.97. The van der Waals surface area contributed by atoms with Gasteiger partial charge in [0.15, 0.2) is 0 Å². The quantitative estimate of drug-likeness (QED) is 0.452. The van der Waals surface area contributed by atoms with Crippen molar-refractivity contribution in [1.29, 1.82) is 0 Å². The lowest BCUT2D eigenvalue weighted by Crippen LogP contribution is -2.07. The first kappa shape index (κ1) is 18.4. The Balaban J connectivity index is 1.52. The molecule has 3 heteroatoms. The molecule has 1 atom stereocenters. The third kappa shape index (κ3) is 4.31. The number of hydrogen-bond acceptors (Lipinski definition) is 2. The van der Waals surface area contributed by atoms with Crippen LogP contribution in [0.2, 0.25) is 0 Å². The van der Waals surface area contributed by atoms with Gasteiger partial charge in [0, 0.05) is 28.3 Å². The summed E-state index contributed by atoms with van der Waals surface area (Å²) in [7, 11) is 0. The first-order chi connectivity index (χ1) is 13.2. The first-order valence-electron chi connectivity index (χ1n) is 9.82. The minimum absolute atomic E-state index is 0.157. The number of benzene rings is 2. The summed E-state index contributed by atoms with van der Waals surface area (Å²) in [5.74, 6) is -0.157. The molecule has 140 valence electrons. The van der Waals surface area contributed by atoms with Crippen LogP contribution < -0.4 is 0 Å². The zero-order valence-electron chi connectivity index (χ0n) is 15.7. The summed E-state index contributed by atoms with van der Waals surface area (Å²) in [5.41, 5.74) is 4.00. The largest absolute Gasteiger partial charge is 0.378 e. The Kier molecular flexibility index (Phi) is 5.70. The molecule has 0 aliphatic carbocycles. The van der Waals surface area contributed by atoms with Crippen LogP contribution in [-0.4, -0.2) is 12.7 Å². The summed E-state index contributed by atoms with van der Waals surface area (Å²) < 4.78 is 20.5. The molecule has 1 aliphatic heterocycles. The molecule has 1 unspecified atom stereocenters. The van der Waals surface area contributed by atoms with Crippen molar-refractivity contribution in [3.8, 4) is 21.6 Å². The van der Waals surface area contributed by atoms with E-state index in [9.17, 15) is 4.39 Å². The van der Waals surface area contributed by atoms with Gasteiger partial charge >= 0.3 is 0 Å². The van der Waals surface area contributed by atoms with E-state index in [-0.39, 0.29) is 5.82 Å². The molecule has 4 rings (SSSR count). The van der Waals surface area contributed by atoms with Gasteiger partial charge in [0.2, 0.25) is 0 Å². The first-order valence-corrected chi connectivity index (χ1v) is 10.6. The molecule has 2 heterocycles. The Morgan fingerprint density at radius 3 is 2.56 bits per heavy atom. The van der Waals surface area contributed by atoms with E-state index in [2.05, 4.69) is 37.3 Å². The van der Waals surface area contributed by atoms with Crippen LogP contribution in [0.3, 0.4) is 0 Å². The van der Waals surface area contributed by atoms with Crippen LogP contribution in [0.1, 0.15) is 36.6 Å². The van der Waals surface area contributed by atoms with E-state index in [4.69, 9.17) is 4.74 Å². The van der Waals surface area contributed by atoms with Crippen LogP contribution >= 0.6 is 11.3 Å². The lowest BCUT2D eigenvalue weighted by molar-refractivity contribution is 0.112. The summed E-state index contributed by atoms with van der Waals surface area (Å²) in [4.78, 5) is 2.26. The van der Waals surface area contributed by atoms with Gasteiger partial charge in [-0.05, 0) is 60.2 Å². The number of rotatable bonds is 6. The fraction of sp³-hybridized carbons (Fsp3) is 0.333. The Morgan fingerprint density at radius 1 is 1.04 bits per heavy atom. The van der Waals surface area contributed by atoms with Crippen molar-refractivity contribution in [2.45, 2.75) is 45.1 Å². The minimum atomic E-state index is -0.157. The molecule has 0 saturated carbocycles. The zero-order chi connectivity index (χ0) is 18.6. The fourth-order valence-corrected chi connectivity index (χ4v) is 4.81. The summed E-state index contributed by atoms with van der Waals surface area (Å²) in [6.45, 7) is 3.05. The van der Waals surface area contributed by atoms with Crippen molar-refractivity contribution < 1.29 is 9.13 Å². The van der Waals surface area contributed by atoms with Gasteiger partial charge in [-0.25, -0.2) is 4.39 Å². The Bertz CT molecular complexity index is 891. The molecule has 1 aliphatic rings. The second-order valence-corrected chi connectivity index (χ2v) is 8.41. The predicted molar refractivity (Wildman–Crippen MR) is 112 cm³/mol. The van der Waals surface area contributed by atoms with Crippen molar-refractivity contribution in [3.05, 3.63) is 70.9 Å². The van der Waals surface area contributed by atoms with E-state index < -0.39 is 0 Å². The molecular weight excluding hydrogens is 355 g/mol. The summed E-state index contributed by atoms with van der Waals surface area (Å²) >= 11 is 1.68. The Morgan fingerprint density at radius 2 is 1.85 bits per heavy atom. The van der Waals surface area contributed by atoms with E-state index in [1.807, 2.05) is 18.2 Å². The third-order valence-corrected chi connectivity index (χ3v) is 6.32. The van der Waals surface area contributed by atoms with Crippen LogP contribution in [0.5, 0.6) is 0 Å². The van der Waals surface area contributed by atoms with E-state index in [1.54, 1.807) is 17.4 Å². The highest BCUT2D eigenvalue weighted by atomic mass is 32.1. The van der Waals surface area contributed by atoms with Crippen LogP contribution in [-0.2, 0) is 17.6 Å². The maximum absolute atomic E-state index is 14.8. The molecule has 0 radical (unpaired) electrons. The highest BCUT2D eigenvalue weighted by molar-refractivity contribution is 7.15. The van der Waals surface area contributed by atoms with E-state index in [1.165, 1.54) is 10.4 Å². The standard InChI is InChI=1S/C24H25FOS/c1-2-4-17-6-8-18(9-7-17)19-10-12-22(23(25)15-19)24-13-11-21(27-24)16-20-5-3-14-26-20/h6-13,15,20H,2-5,14,16H2,1H3. The molecule has 0 spiro atoms. The SMILES string of the molecule is CCCc1ccc(-c2ccc(-c3ccc(CC4CCCO4)s3)c(F)c2)cc1. The highest BCUT2D eigenvalue weighted by Crippen LogP contribution is 2.34. The van der Waals surface area contributed by atoms with Gasteiger partial charge in [-0.1, -0.05) is 43.7 Å². The number of hydrogen-bond donors (Lipinski definition) is 0. The summed E-state index contributed by atoms with van der Waals surface area (Å²) in [6, 6.07) is 18.2. The molecule has 1 nitrogen and oxygen atoms in total. The molecule has 0 amide bonds. The second-order valence-electron chi connectivity index (χ2n) is 7.25. The van der Waals surface area contributed by atoms with E-state index in [0.717, 1.165) is 54.7 Å². The average molecular weight is 381 g/mol. The molecule has 0 N–H and O–H groups in total. The average Bonchev–Trinajstić information content (AvgIpc) is 3.35. The maximum Gasteiger partial charge on any atom is 0.132 e. The van der Waals surface area contributed by atoms with Gasteiger partial charge in [-0.2, -0.15) is 0 Å². The van der Waals surface area contributed by atoms with Crippen molar-refractivity contribution in [2.24, 2.45) is 0 Å². The predicted octanol–water partition coefficient (Wildman–Crippen LogP) is 6.90. The van der Waals surface area contributed by atoms with Crippen LogP contribution in [0.15, 0.2) is 54.6 Å². The Labute approximate surface area is 164 Å². The summed E-state index contributed by atoms with van der Waals surface area (Å²) in [6.07, 6.45) is 5.78. The van der Waals surface area contributed by atoms with E-state index in [0.29, 0.717) is 11.7 Å². The summed E-state index contributed by atoms with van der Waals surface area (Å²) in [5, 5.41) is 0. The van der Waals surface area contributed by atoms with Gasteiger partial charge in [0.05, 0.1) is 6.10 Å². The van der Waals surface area contributed by atoms with Gasteiger partial charge in [0.1, 0.15) is 5.82 Å². The number of halogens is 1. The van der Waals surface area contributed by atoms with Gasteiger partial charge < -0.3 is 4.74 Å². The molecule has 2 aromatic carbocycles.